The van der Waals surface area contributed by atoms with Crippen LogP contribution in [-0.4, -0.2) is 20.4 Å². The van der Waals surface area contributed by atoms with Gasteiger partial charge in [0.25, 0.3) is 15.9 Å². The summed E-state index contributed by atoms with van der Waals surface area (Å²) < 4.78 is 27.5. The Bertz CT molecular complexity index is 813. The van der Waals surface area contributed by atoms with Gasteiger partial charge in [-0.1, -0.05) is 43.2 Å². The number of sulfonamides is 1. The van der Waals surface area contributed by atoms with E-state index in [4.69, 9.17) is 0 Å². The van der Waals surface area contributed by atoms with Gasteiger partial charge in [0.15, 0.2) is 0 Å². The second-order valence-electron chi connectivity index (χ2n) is 5.92. The molecule has 0 spiro atoms. The third kappa shape index (κ3) is 3.76. The van der Waals surface area contributed by atoms with Gasteiger partial charge in [-0.2, -0.15) is 0 Å². The highest BCUT2D eigenvalue weighted by Crippen LogP contribution is 2.22. The van der Waals surface area contributed by atoms with E-state index in [9.17, 15) is 13.2 Å². The summed E-state index contributed by atoms with van der Waals surface area (Å²) in [6, 6.07) is 14.9. The fourth-order valence-corrected chi connectivity index (χ4v) is 4.01. The maximum atomic E-state index is 12.5. The molecule has 1 aliphatic carbocycles. The van der Waals surface area contributed by atoms with E-state index in [0.29, 0.717) is 5.56 Å². The van der Waals surface area contributed by atoms with Crippen molar-refractivity contribution in [1.29, 1.82) is 0 Å². The first kappa shape index (κ1) is 16.5. The minimum atomic E-state index is -3.73. The van der Waals surface area contributed by atoms with E-state index in [1.54, 1.807) is 42.5 Å². The summed E-state index contributed by atoms with van der Waals surface area (Å²) in [5.41, 5.74) is 0.626. The predicted molar refractivity (Wildman–Crippen MR) is 93.4 cm³/mol. The zero-order chi connectivity index (χ0) is 17.0. The van der Waals surface area contributed by atoms with Crippen LogP contribution in [0.15, 0.2) is 59.5 Å². The molecule has 2 N–H and O–H groups in total. The standard InChI is InChI=1S/C18H20N2O3S/c21-18(19-14-8-4-5-9-14)16-12-6-7-13-17(16)20-24(22,23)15-10-2-1-3-11-15/h1-3,6-7,10-14,20H,4-5,8-9H2,(H,19,21). The van der Waals surface area contributed by atoms with Crippen LogP contribution < -0.4 is 10.0 Å². The highest BCUT2D eigenvalue weighted by Gasteiger charge is 2.21. The van der Waals surface area contributed by atoms with Gasteiger partial charge in [0.05, 0.1) is 16.1 Å². The molecule has 1 amide bonds. The van der Waals surface area contributed by atoms with Crippen molar-refractivity contribution in [1.82, 2.24) is 5.32 Å². The van der Waals surface area contributed by atoms with Gasteiger partial charge < -0.3 is 5.32 Å². The van der Waals surface area contributed by atoms with Gasteiger partial charge in [-0.3, -0.25) is 9.52 Å². The van der Waals surface area contributed by atoms with Gasteiger partial charge >= 0.3 is 0 Å². The fourth-order valence-electron chi connectivity index (χ4n) is 2.91. The SMILES string of the molecule is O=C(NC1CCCC1)c1ccccc1NS(=O)(=O)c1ccccc1. The van der Waals surface area contributed by atoms with Crippen molar-refractivity contribution in [3.63, 3.8) is 0 Å². The van der Waals surface area contributed by atoms with Crippen molar-refractivity contribution in [2.45, 2.75) is 36.6 Å². The minimum absolute atomic E-state index is 0.163. The van der Waals surface area contributed by atoms with Crippen molar-refractivity contribution in [3.8, 4) is 0 Å². The lowest BCUT2D eigenvalue weighted by atomic mass is 10.1. The summed E-state index contributed by atoms with van der Waals surface area (Å²) in [5, 5.41) is 2.99. The van der Waals surface area contributed by atoms with E-state index in [1.807, 2.05) is 0 Å². The largest absolute Gasteiger partial charge is 0.349 e. The number of benzene rings is 2. The molecule has 0 unspecified atom stereocenters. The number of anilines is 1. The fraction of sp³-hybridized carbons (Fsp3) is 0.278. The zero-order valence-electron chi connectivity index (χ0n) is 13.2. The molecule has 5 nitrogen and oxygen atoms in total. The molecule has 0 bridgehead atoms. The van der Waals surface area contributed by atoms with Gasteiger partial charge in [-0.15, -0.1) is 0 Å². The van der Waals surface area contributed by atoms with E-state index in [1.165, 1.54) is 12.1 Å². The number of rotatable bonds is 5. The van der Waals surface area contributed by atoms with Crippen LogP contribution in [0.25, 0.3) is 0 Å². The van der Waals surface area contributed by atoms with Crippen molar-refractivity contribution in [2.24, 2.45) is 0 Å². The minimum Gasteiger partial charge on any atom is -0.349 e. The normalized spacial score (nSPS) is 15.2. The summed E-state index contributed by atoms with van der Waals surface area (Å²) in [7, 11) is -3.73. The molecule has 24 heavy (non-hydrogen) atoms. The van der Waals surface area contributed by atoms with Crippen LogP contribution in [0.1, 0.15) is 36.0 Å². The van der Waals surface area contributed by atoms with Crippen LogP contribution in [0.3, 0.4) is 0 Å². The molecule has 126 valence electrons. The number of nitrogens with one attached hydrogen (secondary N) is 2. The van der Waals surface area contributed by atoms with Crippen LogP contribution in [0.5, 0.6) is 0 Å². The van der Waals surface area contributed by atoms with Crippen LogP contribution in [0.2, 0.25) is 0 Å². The summed E-state index contributed by atoms with van der Waals surface area (Å²) >= 11 is 0. The number of amides is 1. The van der Waals surface area contributed by atoms with Crippen molar-refractivity contribution >= 4 is 21.6 Å². The third-order valence-electron chi connectivity index (χ3n) is 4.16. The van der Waals surface area contributed by atoms with Gasteiger partial charge in [-0.05, 0) is 37.1 Å². The molecule has 3 rings (SSSR count). The average Bonchev–Trinajstić information content (AvgIpc) is 3.09. The van der Waals surface area contributed by atoms with Crippen LogP contribution in [-0.2, 0) is 10.0 Å². The predicted octanol–water partition coefficient (Wildman–Crippen LogP) is 3.16. The zero-order valence-corrected chi connectivity index (χ0v) is 14.1. The first-order valence-electron chi connectivity index (χ1n) is 8.04. The van der Waals surface area contributed by atoms with Crippen molar-refractivity contribution in [2.75, 3.05) is 4.72 Å². The molecule has 0 aromatic heterocycles. The van der Waals surface area contributed by atoms with Gasteiger partial charge in [0.1, 0.15) is 0 Å². The molecule has 0 heterocycles. The number of carbonyl (C=O) groups is 1. The first-order valence-corrected chi connectivity index (χ1v) is 9.52. The summed E-state index contributed by atoms with van der Waals surface area (Å²) in [6.45, 7) is 0. The van der Waals surface area contributed by atoms with E-state index < -0.39 is 10.0 Å². The Morgan fingerprint density at radius 2 is 1.54 bits per heavy atom. The molecule has 0 atom stereocenters. The Kier molecular flexibility index (Phi) is 4.85. The lowest BCUT2D eigenvalue weighted by Crippen LogP contribution is -2.33. The Morgan fingerprint density at radius 1 is 0.917 bits per heavy atom. The molecule has 1 aliphatic rings. The molecule has 6 heteroatoms. The Morgan fingerprint density at radius 3 is 2.25 bits per heavy atom. The summed E-state index contributed by atoms with van der Waals surface area (Å²) in [6.07, 6.45) is 4.19. The molecule has 0 saturated heterocycles. The molecular formula is C18H20N2O3S. The van der Waals surface area contributed by atoms with E-state index in [-0.39, 0.29) is 22.5 Å². The Hall–Kier alpha value is -2.34. The maximum Gasteiger partial charge on any atom is 0.261 e. The lowest BCUT2D eigenvalue weighted by Gasteiger charge is -2.15. The quantitative estimate of drug-likeness (QED) is 0.875. The monoisotopic (exact) mass is 344 g/mol. The molecule has 2 aromatic carbocycles. The van der Waals surface area contributed by atoms with Gasteiger partial charge in [0, 0.05) is 6.04 Å². The highest BCUT2D eigenvalue weighted by molar-refractivity contribution is 7.92. The van der Waals surface area contributed by atoms with Gasteiger partial charge in [0.2, 0.25) is 0 Å². The number of carbonyl (C=O) groups excluding carboxylic acids is 1. The summed E-state index contributed by atoms with van der Waals surface area (Å²) in [5.74, 6) is -0.242. The average molecular weight is 344 g/mol. The topological polar surface area (TPSA) is 75.3 Å². The van der Waals surface area contributed by atoms with Crippen LogP contribution in [0.4, 0.5) is 5.69 Å². The second kappa shape index (κ2) is 7.05. The Labute approximate surface area is 142 Å². The third-order valence-corrected chi connectivity index (χ3v) is 5.54. The van der Waals surface area contributed by atoms with E-state index in [2.05, 4.69) is 10.0 Å². The summed E-state index contributed by atoms with van der Waals surface area (Å²) in [4.78, 5) is 12.7. The second-order valence-corrected chi connectivity index (χ2v) is 7.60. The molecule has 0 aliphatic heterocycles. The molecule has 1 fully saturated rings. The van der Waals surface area contributed by atoms with Gasteiger partial charge in [-0.25, -0.2) is 8.42 Å². The number of para-hydroxylation sites is 1. The highest BCUT2D eigenvalue weighted by atomic mass is 32.2. The molecule has 0 radical (unpaired) electrons. The molecule has 2 aromatic rings. The molecular weight excluding hydrogens is 324 g/mol. The number of hydrogen-bond acceptors (Lipinski definition) is 3. The van der Waals surface area contributed by atoms with E-state index >= 15 is 0 Å². The Balaban J connectivity index is 1.82. The van der Waals surface area contributed by atoms with Crippen molar-refractivity contribution < 1.29 is 13.2 Å². The smallest absolute Gasteiger partial charge is 0.261 e. The van der Waals surface area contributed by atoms with Crippen LogP contribution in [0, 0.1) is 0 Å². The first-order chi connectivity index (χ1) is 11.6. The van der Waals surface area contributed by atoms with Crippen LogP contribution >= 0.6 is 0 Å². The van der Waals surface area contributed by atoms with E-state index in [0.717, 1.165) is 25.7 Å². The maximum absolute atomic E-state index is 12.5. The lowest BCUT2D eigenvalue weighted by molar-refractivity contribution is 0.0939. The van der Waals surface area contributed by atoms with Crippen molar-refractivity contribution in [3.05, 3.63) is 60.2 Å². The number of hydrogen-bond donors (Lipinski definition) is 2. The molecule has 1 saturated carbocycles.